The average Bonchev–Trinajstić information content (AvgIpc) is 2.67. The zero-order valence-electron chi connectivity index (χ0n) is 14.7. The molecule has 1 aromatic heterocycles. The molecule has 3 aromatic rings. The second-order valence-electron chi connectivity index (χ2n) is 6.12. The molecule has 5 nitrogen and oxygen atoms in total. The number of H-pyrrole nitrogens is 1. The fraction of sp³-hybridized carbons (Fsp3) is 0.238. The van der Waals surface area contributed by atoms with E-state index in [0.717, 1.165) is 22.2 Å². The predicted molar refractivity (Wildman–Crippen MR) is 103 cm³/mol. The summed E-state index contributed by atoms with van der Waals surface area (Å²) in [4.78, 5) is 27.0. The van der Waals surface area contributed by atoms with E-state index in [1.807, 2.05) is 54.6 Å². The maximum Gasteiger partial charge on any atom is 0.251 e. The Morgan fingerprint density at radius 3 is 2.65 bits per heavy atom. The molecule has 26 heavy (non-hydrogen) atoms. The highest BCUT2D eigenvalue weighted by Gasteiger charge is 2.07. The molecule has 0 saturated heterocycles. The van der Waals surface area contributed by atoms with Crippen molar-refractivity contribution in [2.75, 3.05) is 13.7 Å². The number of benzene rings is 2. The Kier molecular flexibility index (Phi) is 5.69. The van der Waals surface area contributed by atoms with E-state index in [9.17, 15) is 9.59 Å². The maximum atomic E-state index is 12.1. The summed E-state index contributed by atoms with van der Waals surface area (Å²) in [6.07, 6.45) is 1.50. The molecule has 0 spiro atoms. The minimum Gasteiger partial charge on any atom is -0.496 e. The molecule has 0 fully saturated rings. The predicted octanol–water partition coefficient (Wildman–Crippen LogP) is 2.83. The Morgan fingerprint density at radius 2 is 1.81 bits per heavy atom. The molecular formula is C21H22N2O3. The Hall–Kier alpha value is -3.08. The van der Waals surface area contributed by atoms with Gasteiger partial charge in [0.05, 0.1) is 7.11 Å². The van der Waals surface area contributed by atoms with Crippen LogP contribution in [0.1, 0.15) is 17.5 Å². The number of rotatable bonds is 7. The number of aromatic nitrogens is 1. The van der Waals surface area contributed by atoms with Crippen molar-refractivity contribution in [3.05, 3.63) is 76.1 Å². The van der Waals surface area contributed by atoms with Crippen LogP contribution in [0.15, 0.2) is 59.4 Å². The van der Waals surface area contributed by atoms with Gasteiger partial charge in [-0.05, 0) is 42.0 Å². The van der Waals surface area contributed by atoms with Crippen LogP contribution < -0.4 is 15.6 Å². The number of methoxy groups -OCH3 is 1. The van der Waals surface area contributed by atoms with Gasteiger partial charge in [0.15, 0.2) is 0 Å². The smallest absolute Gasteiger partial charge is 0.251 e. The van der Waals surface area contributed by atoms with Crippen LogP contribution in [-0.2, 0) is 17.6 Å². The number of pyridine rings is 1. The number of para-hydroxylation sites is 2. The molecule has 0 atom stereocenters. The zero-order valence-corrected chi connectivity index (χ0v) is 14.7. The van der Waals surface area contributed by atoms with Crippen molar-refractivity contribution in [2.24, 2.45) is 0 Å². The van der Waals surface area contributed by atoms with Crippen molar-refractivity contribution >= 4 is 16.8 Å². The Balaban J connectivity index is 1.52. The average molecular weight is 350 g/mol. The topological polar surface area (TPSA) is 71.2 Å². The van der Waals surface area contributed by atoms with Gasteiger partial charge in [-0.3, -0.25) is 9.59 Å². The lowest BCUT2D eigenvalue weighted by atomic mass is 10.1. The first-order valence-corrected chi connectivity index (χ1v) is 8.67. The molecule has 2 aromatic carbocycles. The fourth-order valence-electron chi connectivity index (χ4n) is 2.96. The van der Waals surface area contributed by atoms with Gasteiger partial charge in [-0.25, -0.2) is 0 Å². The lowest BCUT2D eigenvalue weighted by Gasteiger charge is -2.09. The number of amides is 1. The lowest BCUT2D eigenvalue weighted by molar-refractivity contribution is -0.121. The minimum absolute atomic E-state index is 0.0341. The highest BCUT2D eigenvalue weighted by atomic mass is 16.5. The standard InChI is InChI=1S/C21H22N2O3/c1-26-19-9-5-3-6-15(19)10-11-20(24)22-13-12-17-14-16-7-2-4-8-18(16)23-21(17)25/h2-9,14H,10-13H2,1H3,(H,22,24)(H,23,25). The third-order valence-corrected chi connectivity index (χ3v) is 4.36. The Morgan fingerprint density at radius 1 is 1.04 bits per heavy atom. The molecule has 0 aliphatic carbocycles. The van der Waals surface area contributed by atoms with Crippen LogP contribution in [-0.4, -0.2) is 24.5 Å². The molecule has 0 saturated carbocycles. The van der Waals surface area contributed by atoms with E-state index in [-0.39, 0.29) is 11.5 Å². The second kappa shape index (κ2) is 8.34. The van der Waals surface area contributed by atoms with Gasteiger partial charge in [0.25, 0.3) is 5.56 Å². The maximum absolute atomic E-state index is 12.1. The van der Waals surface area contributed by atoms with E-state index in [0.29, 0.717) is 31.4 Å². The van der Waals surface area contributed by atoms with Gasteiger partial charge in [-0.15, -0.1) is 0 Å². The van der Waals surface area contributed by atoms with Crippen molar-refractivity contribution in [3.63, 3.8) is 0 Å². The minimum atomic E-state index is -0.105. The third kappa shape index (κ3) is 4.30. The summed E-state index contributed by atoms with van der Waals surface area (Å²) in [7, 11) is 1.62. The first-order chi connectivity index (χ1) is 12.7. The van der Waals surface area contributed by atoms with Crippen molar-refractivity contribution in [2.45, 2.75) is 19.3 Å². The normalized spacial score (nSPS) is 10.7. The number of aryl methyl sites for hydroxylation is 1. The Labute approximate surface area is 152 Å². The first kappa shape index (κ1) is 17.7. The van der Waals surface area contributed by atoms with Crippen molar-refractivity contribution < 1.29 is 9.53 Å². The number of hydrogen-bond acceptors (Lipinski definition) is 3. The quantitative estimate of drug-likeness (QED) is 0.688. The van der Waals surface area contributed by atoms with E-state index < -0.39 is 0 Å². The Bertz CT molecular complexity index is 963. The van der Waals surface area contributed by atoms with Crippen LogP contribution in [0.25, 0.3) is 10.9 Å². The molecular weight excluding hydrogens is 328 g/mol. The van der Waals surface area contributed by atoms with Crippen molar-refractivity contribution in [1.29, 1.82) is 0 Å². The summed E-state index contributed by atoms with van der Waals surface area (Å²) in [6, 6.07) is 17.2. The first-order valence-electron chi connectivity index (χ1n) is 8.67. The van der Waals surface area contributed by atoms with Crippen LogP contribution in [0.2, 0.25) is 0 Å². The van der Waals surface area contributed by atoms with Crippen molar-refractivity contribution in [3.8, 4) is 5.75 Å². The SMILES string of the molecule is COc1ccccc1CCC(=O)NCCc1cc2ccccc2[nH]c1=O. The number of ether oxygens (including phenoxy) is 1. The molecule has 3 rings (SSSR count). The van der Waals surface area contributed by atoms with E-state index in [4.69, 9.17) is 4.74 Å². The van der Waals surface area contributed by atoms with E-state index in [2.05, 4.69) is 10.3 Å². The van der Waals surface area contributed by atoms with Crippen LogP contribution in [0.5, 0.6) is 5.75 Å². The third-order valence-electron chi connectivity index (χ3n) is 4.36. The van der Waals surface area contributed by atoms with E-state index in [1.165, 1.54) is 0 Å². The summed E-state index contributed by atoms with van der Waals surface area (Å²) < 4.78 is 5.29. The molecule has 0 bridgehead atoms. The highest BCUT2D eigenvalue weighted by Crippen LogP contribution is 2.18. The van der Waals surface area contributed by atoms with E-state index >= 15 is 0 Å². The van der Waals surface area contributed by atoms with Gasteiger partial charge in [0.1, 0.15) is 5.75 Å². The van der Waals surface area contributed by atoms with Crippen LogP contribution >= 0.6 is 0 Å². The molecule has 2 N–H and O–H groups in total. The zero-order chi connectivity index (χ0) is 18.4. The number of carbonyl (C=O) groups is 1. The number of hydrogen-bond donors (Lipinski definition) is 2. The van der Waals surface area contributed by atoms with Crippen LogP contribution in [0.3, 0.4) is 0 Å². The van der Waals surface area contributed by atoms with Gasteiger partial charge in [0, 0.05) is 24.0 Å². The number of aromatic amines is 1. The second-order valence-corrected chi connectivity index (χ2v) is 6.12. The van der Waals surface area contributed by atoms with Gasteiger partial charge in [-0.2, -0.15) is 0 Å². The molecule has 0 aliphatic heterocycles. The molecule has 134 valence electrons. The molecule has 0 aliphatic rings. The molecule has 0 unspecified atom stereocenters. The largest absolute Gasteiger partial charge is 0.496 e. The van der Waals surface area contributed by atoms with Gasteiger partial charge < -0.3 is 15.0 Å². The monoisotopic (exact) mass is 350 g/mol. The fourth-order valence-corrected chi connectivity index (χ4v) is 2.96. The molecule has 5 heteroatoms. The summed E-state index contributed by atoms with van der Waals surface area (Å²) in [5.74, 6) is 0.760. The van der Waals surface area contributed by atoms with Gasteiger partial charge in [-0.1, -0.05) is 36.4 Å². The van der Waals surface area contributed by atoms with Crippen LogP contribution in [0, 0.1) is 0 Å². The van der Waals surface area contributed by atoms with Crippen LogP contribution in [0.4, 0.5) is 0 Å². The highest BCUT2D eigenvalue weighted by molar-refractivity contribution is 5.79. The number of carbonyl (C=O) groups excluding carboxylic acids is 1. The van der Waals surface area contributed by atoms with Gasteiger partial charge >= 0.3 is 0 Å². The number of nitrogens with one attached hydrogen (secondary N) is 2. The summed E-state index contributed by atoms with van der Waals surface area (Å²) in [5, 5.41) is 3.87. The van der Waals surface area contributed by atoms with Gasteiger partial charge in [0.2, 0.25) is 5.91 Å². The lowest BCUT2D eigenvalue weighted by Crippen LogP contribution is -2.27. The summed E-state index contributed by atoms with van der Waals surface area (Å²) in [5.41, 5.74) is 2.40. The molecule has 1 heterocycles. The van der Waals surface area contributed by atoms with E-state index in [1.54, 1.807) is 7.11 Å². The summed E-state index contributed by atoms with van der Waals surface area (Å²) in [6.45, 7) is 0.437. The molecule has 1 amide bonds. The van der Waals surface area contributed by atoms with Crippen molar-refractivity contribution in [1.82, 2.24) is 10.3 Å². The molecule has 0 radical (unpaired) electrons. The summed E-state index contributed by atoms with van der Waals surface area (Å²) >= 11 is 0. The number of fused-ring (bicyclic) bond motifs is 1.